The zero-order valence-corrected chi connectivity index (χ0v) is 19.4. The van der Waals surface area contributed by atoms with Crippen LogP contribution in [0.25, 0.3) is 5.57 Å². The van der Waals surface area contributed by atoms with Crippen LogP contribution in [0.3, 0.4) is 0 Å². The summed E-state index contributed by atoms with van der Waals surface area (Å²) >= 11 is 0. The molecule has 8 heteroatoms. The molecule has 4 rings (SSSR count). The summed E-state index contributed by atoms with van der Waals surface area (Å²) in [6, 6.07) is 11.3. The van der Waals surface area contributed by atoms with E-state index in [2.05, 4.69) is 10.6 Å². The van der Waals surface area contributed by atoms with Gasteiger partial charge in [0, 0.05) is 25.2 Å². The minimum atomic E-state index is -0.671. The molecule has 0 unspecified atom stereocenters. The Morgan fingerprint density at radius 2 is 1.85 bits per heavy atom. The van der Waals surface area contributed by atoms with Crippen LogP contribution in [0.5, 0.6) is 0 Å². The number of amides is 3. The fraction of sp³-hybridized carbons (Fsp3) is 0.385. The third-order valence-electron chi connectivity index (χ3n) is 6.22. The number of likely N-dealkylation sites (N-methyl/N-ethyl adjacent to an activating group) is 1. The van der Waals surface area contributed by atoms with Gasteiger partial charge in [-0.2, -0.15) is 0 Å². The Morgan fingerprint density at radius 1 is 1.12 bits per heavy atom. The molecule has 1 heterocycles. The molecule has 2 aromatic carbocycles. The zero-order valence-electron chi connectivity index (χ0n) is 19.4. The fourth-order valence-corrected chi connectivity index (χ4v) is 4.25. The van der Waals surface area contributed by atoms with Crippen molar-refractivity contribution >= 4 is 17.5 Å². The van der Waals surface area contributed by atoms with Crippen LogP contribution in [0.2, 0.25) is 0 Å². The Morgan fingerprint density at radius 3 is 2.53 bits per heavy atom. The maximum Gasteiger partial charge on any atom is 0.315 e. The molecule has 2 N–H and O–H groups in total. The van der Waals surface area contributed by atoms with Gasteiger partial charge in [-0.05, 0) is 62.2 Å². The SMILES string of the molecule is CN(C)CCNC(=O)N[C@H](C(=O)N1CC(c2cc(F)ccc2F)=C[C@H]1c1ccccc1)C1CC1. The molecular weight excluding hydrogens is 438 g/mol. The molecule has 0 radical (unpaired) electrons. The first-order valence-corrected chi connectivity index (χ1v) is 11.5. The van der Waals surface area contributed by atoms with Crippen LogP contribution in [-0.4, -0.2) is 61.5 Å². The third-order valence-corrected chi connectivity index (χ3v) is 6.22. The first kappa shape index (κ1) is 23.9. The molecule has 1 aliphatic heterocycles. The summed E-state index contributed by atoms with van der Waals surface area (Å²) in [6.07, 6.45) is 3.53. The molecule has 2 aliphatic rings. The number of carbonyl (C=O) groups is 2. The standard InChI is InChI=1S/C26H30F2N4O2/c1-31(2)13-12-29-26(34)30-24(18-8-9-18)25(33)32-16-19(21-15-20(27)10-11-22(21)28)14-23(32)17-6-4-3-5-7-17/h3-7,10-11,14-15,18,23-24H,8-9,12-13,16H2,1-2H3,(H2,29,30,34)/t23-,24-/m0/s1. The Hall–Kier alpha value is -3.26. The van der Waals surface area contributed by atoms with Crippen LogP contribution in [0.1, 0.15) is 30.0 Å². The summed E-state index contributed by atoms with van der Waals surface area (Å²) in [4.78, 5) is 29.8. The average molecular weight is 469 g/mol. The number of nitrogens with one attached hydrogen (secondary N) is 2. The van der Waals surface area contributed by atoms with Crippen molar-refractivity contribution in [1.29, 1.82) is 0 Å². The van der Waals surface area contributed by atoms with Gasteiger partial charge < -0.3 is 20.4 Å². The van der Waals surface area contributed by atoms with E-state index in [4.69, 9.17) is 0 Å². The highest BCUT2D eigenvalue weighted by atomic mass is 19.1. The largest absolute Gasteiger partial charge is 0.337 e. The lowest BCUT2D eigenvalue weighted by Gasteiger charge is -2.30. The first-order chi connectivity index (χ1) is 16.3. The van der Waals surface area contributed by atoms with Gasteiger partial charge in [0.1, 0.15) is 17.7 Å². The molecule has 0 saturated heterocycles. The number of benzene rings is 2. The summed E-state index contributed by atoms with van der Waals surface area (Å²) in [5.41, 5.74) is 1.56. The van der Waals surface area contributed by atoms with E-state index in [1.54, 1.807) is 4.90 Å². The van der Waals surface area contributed by atoms with Crippen molar-refractivity contribution in [3.8, 4) is 0 Å². The number of rotatable bonds is 8. The van der Waals surface area contributed by atoms with Crippen molar-refractivity contribution in [3.63, 3.8) is 0 Å². The van der Waals surface area contributed by atoms with Crippen molar-refractivity contribution in [2.45, 2.75) is 24.9 Å². The topological polar surface area (TPSA) is 64.7 Å². The predicted molar refractivity (Wildman–Crippen MR) is 127 cm³/mol. The second-order valence-electron chi connectivity index (χ2n) is 9.16. The molecule has 2 aromatic rings. The molecule has 180 valence electrons. The van der Waals surface area contributed by atoms with E-state index in [9.17, 15) is 18.4 Å². The highest BCUT2D eigenvalue weighted by Gasteiger charge is 2.42. The summed E-state index contributed by atoms with van der Waals surface area (Å²) in [6.45, 7) is 1.28. The van der Waals surface area contributed by atoms with E-state index in [-0.39, 0.29) is 30.0 Å². The Balaban J connectivity index is 1.57. The molecule has 34 heavy (non-hydrogen) atoms. The van der Waals surface area contributed by atoms with Crippen LogP contribution >= 0.6 is 0 Å². The second kappa shape index (κ2) is 10.3. The van der Waals surface area contributed by atoms with Crippen molar-refractivity contribution in [2.24, 2.45) is 5.92 Å². The summed E-state index contributed by atoms with van der Waals surface area (Å²) in [5.74, 6) is -1.23. The molecule has 2 atom stereocenters. The van der Waals surface area contributed by atoms with E-state index in [1.165, 1.54) is 0 Å². The average Bonchev–Trinajstić information content (AvgIpc) is 3.56. The minimum absolute atomic E-state index is 0.0680. The van der Waals surface area contributed by atoms with Crippen LogP contribution in [-0.2, 0) is 4.79 Å². The third kappa shape index (κ3) is 5.62. The lowest BCUT2D eigenvalue weighted by atomic mass is 10.0. The first-order valence-electron chi connectivity index (χ1n) is 11.5. The monoisotopic (exact) mass is 468 g/mol. The molecule has 0 bridgehead atoms. The molecule has 0 aromatic heterocycles. The van der Waals surface area contributed by atoms with Crippen LogP contribution < -0.4 is 10.6 Å². The fourth-order valence-electron chi connectivity index (χ4n) is 4.25. The quantitative estimate of drug-likeness (QED) is 0.623. The van der Waals surface area contributed by atoms with Crippen LogP contribution in [0, 0.1) is 17.6 Å². The van der Waals surface area contributed by atoms with Gasteiger partial charge in [-0.25, -0.2) is 13.6 Å². The van der Waals surface area contributed by atoms with E-state index >= 15 is 0 Å². The van der Waals surface area contributed by atoms with Crippen LogP contribution in [0.4, 0.5) is 13.6 Å². The van der Waals surface area contributed by atoms with E-state index in [1.807, 2.05) is 55.4 Å². The van der Waals surface area contributed by atoms with Crippen molar-refractivity contribution in [3.05, 3.63) is 77.4 Å². The van der Waals surface area contributed by atoms with Gasteiger partial charge in [0.15, 0.2) is 0 Å². The number of hydrogen-bond acceptors (Lipinski definition) is 3. The normalized spacial score (nSPS) is 18.6. The van der Waals surface area contributed by atoms with Gasteiger partial charge in [0.2, 0.25) is 5.91 Å². The molecule has 1 fully saturated rings. The van der Waals surface area contributed by atoms with Gasteiger partial charge in [-0.1, -0.05) is 36.4 Å². The number of urea groups is 1. The maximum absolute atomic E-state index is 14.5. The summed E-state index contributed by atoms with van der Waals surface area (Å²) in [7, 11) is 3.83. The molecule has 1 saturated carbocycles. The van der Waals surface area contributed by atoms with Gasteiger partial charge in [0.25, 0.3) is 0 Å². The van der Waals surface area contributed by atoms with Crippen LogP contribution in [0.15, 0.2) is 54.6 Å². The molecule has 1 aliphatic carbocycles. The maximum atomic E-state index is 14.5. The number of nitrogens with zero attached hydrogens (tertiary/aromatic N) is 2. The van der Waals surface area contributed by atoms with Gasteiger partial charge in [-0.15, -0.1) is 0 Å². The van der Waals surface area contributed by atoms with E-state index in [0.29, 0.717) is 18.7 Å². The molecular formula is C26H30F2N4O2. The zero-order chi connectivity index (χ0) is 24.2. The van der Waals surface area contributed by atoms with Crippen molar-refractivity contribution in [1.82, 2.24) is 20.4 Å². The smallest absolute Gasteiger partial charge is 0.315 e. The lowest BCUT2D eigenvalue weighted by Crippen LogP contribution is -2.53. The van der Waals surface area contributed by atoms with Crippen molar-refractivity contribution in [2.75, 3.05) is 33.7 Å². The number of halogens is 2. The molecule has 3 amide bonds. The van der Waals surface area contributed by atoms with E-state index in [0.717, 1.165) is 36.6 Å². The molecule has 0 spiro atoms. The highest BCUT2D eigenvalue weighted by molar-refractivity contribution is 5.90. The van der Waals surface area contributed by atoms with Gasteiger partial charge in [0.05, 0.1) is 6.04 Å². The van der Waals surface area contributed by atoms with Gasteiger partial charge in [-0.3, -0.25) is 4.79 Å². The second-order valence-corrected chi connectivity index (χ2v) is 9.16. The highest BCUT2D eigenvalue weighted by Crippen LogP contribution is 2.39. The lowest BCUT2D eigenvalue weighted by molar-refractivity contribution is -0.134. The Kier molecular flexibility index (Phi) is 7.26. The van der Waals surface area contributed by atoms with Crippen molar-refractivity contribution < 1.29 is 18.4 Å². The summed E-state index contributed by atoms with van der Waals surface area (Å²) < 4.78 is 28.4. The predicted octanol–water partition coefficient (Wildman–Crippen LogP) is 3.57. The number of hydrogen-bond donors (Lipinski definition) is 2. The Labute approximate surface area is 198 Å². The summed E-state index contributed by atoms with van der Waals surface area (Å²) in [5, 5.41) is 5.66. The minimum Gasteiger partial charge on any atom is -0.337 e. The Bertz CT molecular complexity index is 1070. The number of carbonyl (C=O) groups excluding carboxylic acids is 2. The van der Waals surface area contributed by atoms with E-state index < -0.39 is 23.7 Å². The van der Waals surface area contributed by atoms with Gasteiger partial charge >= 0.3 is 6.03 Å². The molecule has 6 nitrogen and oxygen atoms in total.